The molecule has 0 atom stereocenters. The zero-order chi connectivity index (χ0) is 12.3. The summed E-state index contributed by atoms with van der Waals surface area (Å²) in [5.74, 6) is 3.10. The second kappa shape index (κ2) is 5.12. The summed E-state index contributed by atoms with van der Waals surface area (Å²) in [6.45, 7) is 9.64. The van der Waals surface area contributed by atoms with Gasteiger partial charge in [0.05, 0.1) is 0 Å². The van der Waals surface area contributed by atoms with Crippen LogP contribution in [0.15, 0.2) is 12.4 Å². The Morgan fingerprint density at radius 1 is 1.47 bits per heavy atom. The van der Waals surface area contributed by atoms with Gasteiger partial charge in [0, 0.05) is 36.2 Å². The summed E-state index contributed by atoms with van der Waals surface area (Å²) in [5, 5.41) is 3.22. The van der Waals surface area contributed by atoms with E-state index in [1.807, 2.05) is 17.8 Å². The van der Waals surface area contributed by atoms with Crippen LogP contribution >= 0.6 is 11.8 Å². The summed E-state index contributed by atoms with van der Waals surface area (Å²) in [6.07, 6.45) is 1.64. The Bertz CT molecular complexity index is 381. The highest BCUT2D eigenvalue weighted by atomic mass is 32.2. The van der Waals surface area contributed by atoms with Crippen LogP contribution in [0.3, 0.4) is 0 Å². The summed E-state index contributed by atoms with van der Waals surface area (Å²) in [4.78, 5) is 10.9. The fraction of sp³-hybridized carbons (Fsp3) is 0.667. The highest BCUT2D eigenvalue weighted by Crippen LogP contribution is 2.31. The van der Waals surface area contributed by atoms with Crippen molar-refractivity contribution >= 4 is 23.4 Å². The Hall–Kier alpha value is -0.970. The van der Waals surface area contributed by atoms with E-state index in [1.54, 1.807) is 6.33 Å². The number of nitrogens with zero attached hydrogens (tertiary/aromatic N) is 3. The molecule has 17 heavy (non-hydrogen) atoms. The molecule has 94 valence electrons. The van der Waals surface area contributed by atoms with E-state index in [0.717, 1.165) is 37.0 Å². The van der Waals surface area contributed by atoms with Gasteiger partial charge < -0.3 is 10.2 Å². The summed E-state index contributed by atoms with van der Waals surface area (Å²) in [5.41, 5.74) is 0. The fourth-order valence-corrected chi connectivity index (χ4v) is 3.12. The molecular weight excluding hydrogens is 232 g/mol. The zero-order valence-electron chi connectivity index (χ0n) is 10.7. The van der Waals surface area contributed by atoms with Crippen molar-refractivity contribution in [1.29, 1.82) is 0 Å². The quantitative estimate of drug-likeness (QED) is 0.893. The SMILES string of the molecule is CCNc1cc(N2CCSC(C)(C)C2)ncn1. The number of hydrogen-bond donors (Lipinski definition) is 1. The molecular formula is C12H20N4S. The van der Waals surface area contributed by atoms with Crippen molar-refractivity contribution in [3.8, 4) is 0 Å². The van der Waals surface area contributed by atoms with Crippen LogP contribution in [0, 0.1) is 0 Å². The largest absolute Gasteiger partial charge is 0.370 e. The van der Waals surface area contributed by atoms with E-state index in [1.165, 1.54) is 0 Å². The number of anilines is 2. The molecule has 5 heteroatoms. The summed E-state index contributed by atoms with van der Waals surface area (Å²) >= 11 is 2.03. The second-order valence-electron chi connectivity index (χ2n) is 4.82. The maximum absolute atomic E-state index is 4.38. The second-order valence-corrected chi connectivity index (χ2v) is 6.62. The summed E-state index contributed by atoms with van der Waals surface area (Å²) in [7, 11) is 0. The third-order valence-corrected chi connectivity index (χ3v) is 4.06. The highest BCUT2D eigenvalue weighted by molar-refractivity contribution is 8.00. The molecule has 1 aromatic heterocycles. The van der Waals surface area contributed by atoms with E-state index < -0.39 is 0 Å². The van der Waals surface area contributed by atoms with Crippen LogP contribution in [0.4, 0.5) is 11.6 Å². The van der Waals surface area contributed by atoms with Crippen LogP contribution in [0.5, 0.6) is 0 Å². The summed E-state index contributed by atoms with van der Waals surface area (Å²) < 4.78 is 0.307. The minimum Gasteiger partial charge on any atom is -0.370 e. The van der Waals surface area contributed by atoms with Crippen molar-refractivity contribution in [1.82, 2.24) is 9.97 Å². The van der Waals surface area contributed by atoms with Gasteiger partial charge in [-0.2, -0.15) is 11.8 Å². The van der Waals surface area contributed by atoms with E-state index in [0.29, 0.717) is 4.75 Å². The monoisotopic (exact) mass is 252 g/mol. The molecule has 1 aliphatic rings. The van der Waals surface area contributed by atoms with Gasteiger partial charge in [0.15, 0.2) is 0 Å². The molecule has 1 saturated heterocycles. The Morgan fingerprint density at radius 2 is 2.29 bits per heavy atom. The van der Waals surface area contributed by atoms with E-state index in [-0.39, 0.29) is 0 Å². The number of aromatic nitrogens is 2. The Balaban J connectivity index is 2.13. The first-order valence-electron chi connectivity index (χ1n) is 6.05. The molecule has 0 spiro atoms. The van der Waals surface area contributed by atoms with Gasteiger partial charge in [0.2, 0.25) is 0 Å². The maximum Gasteiger partial charge on any atom is 0.134 e. The van der Waals surface area contributed by atoms with Gasteiger partial charge >= 0.3 is 0 Å². The molecule has 0 unspecified atom stereocenters. The standard InChI is InChI=1S/C12H20N4S/c1-4-13-10-7-11(15-9-14-10)16-5-6-17-12(2,3)8-16/h7,9H,4-6,8H2,1-3H3,(H,13,14,15). The third kappa shape index (κ3) is 3.25. The lowest BCUT2D eigenvalue weighted by atomic mass is 10.2. The van der Waals surface area contributed by atoms with E-state index in [4.69, 9.17) is 0 Å². The van der Waals surface area contributed by atoms with Crippen LogP contribution in [0.2, 0.25) is 0 Å². The third-order valence-electron chi connectivity index (χ3n) is 2.76. The fourth-order valence-electron chi connectivity index (χ4n) is 2.01. The predicted molar refractivity (Wildman–Crippen MR) is 74.9 cm³/mol. The first kappa shape index (κ1) is 12.5. The molecule has 1 aliphatic heterocycles. The molecule has 0 aliphatic carbocycles. The lowest BCUT2D eigenvalue weighted by molar-refractivity contribution is 0.642. The van der Waals surface area contributed by atoms with Crippen molar-refractivity contribution in [2.45, 2.75) is 25.5 Å². The molecule has 1 fully saturated rings. The molecule has 0 aromatic carbocycles. The molecule has 2 heterocycles. The van der Waals surface area contributed by atoms with Crippen molar-refractivity contribution in [3.05, 3.63) is 12.4 Å². The average Bonchev–Trinajstić information content (AvgIpc) is 2.28. The molecule has 4 nitrogen and oxygen atoms in total. The van der Waals surface area contributed by atoms with Crippen LogP contribution in [-0.2, 0) is 0 Å². The van der Waals surface area contributed by atoms with Crippen LogP contribution in [-0.4, -0.2) is 40.1 Å². The van der Waals surface area contributed by atoms with E-state index in [9.17, 15) is 0 Å². The topological polar surface area (TPSA) is 41.0 Å². The molecule has 2 rings (SSSR count). The lowest BCUT2D eigenvalue weighted by Gasteiger charge is -2.38. The normalized spacial score (nSPS) is 19.1. The van der Waals surface area contributed by atoms with Gasteiger partial charge in [0.25, 0.3) is 0 Å². The average molecular weight is 252 g/mol. The van der Waals surface area contributed by atoms with Gasteiger partial charge in [-0.05, 0) is 20.8 Å². The Morgan fingerprint density at radius 3 is 3.00 bits per heavy atom. The molecule has 0 amide bonds. The Labute approximate surface area is 107 Å². The summed E-state index contributed by atoms with van der Waals surface area (Å²) in [6, 6.07) is 2.04. The number of nitrogens with one attached hydrogen (secondary N) is 1. The first-order valence-corrected chi connectivity index (χ1v) is 7.04. The highest BCUT2D eigenvalue weighted by Gasteiger charge is 2.27. The molecule has 1 N–H and O–H groups in total. The van der Waals surface area contributed by atoms with Crippen LogP contribution < -0.4 is 10.2 Å². The molecule has 0 radical (unpaired) electrons. The molecule has 1 aromatic rings. The smallest absolute Gasteiger partial charge is 0.134 e. The van der Waals surface area contributed by atoms with Crippen molar-refractivity contribution in [3.63, 3.8) is 0 Å². The lowest BCUT2D eigenvalue weighted by Crippen LogP contribution is -2.43. The first-order chi connectivity index (χ1) is 8.11. The predicted octanol–water partition coefficient (Wildman–Crippen LogP) is 2.24. The Kier molecular flexibility index (Phi) is 3.76. The van der Waals surface area contributed by atoms with Gasteiger partial charge in [-0.1, -0.05) is 0 Å². The van der Waals surface area contributed by atoms with Gasteiger partial charge in [-0.3, -0.25) is 0 Å². The number of hydrogen-bond acceptors (Lipinski definition) is 5. The molecule has 0 bridgehead atoms. The van der Waals surface area contributed by atoms with Crippen LogP contribution in [0.25, 0.3) is 0 Å². The maximum atomic E-state index is 4.38. The number of rotatable bonds is 3. The minimum absolute atomic E-state index is 0.307. The zero-order valence-corrected chi connectivity index (χ0v) is 11.5. The van der Waals surface area contributed by atoms with E-state index >= 15 is 0 Å². The minimum atomic E-state index is 0.307. The van der Waals surface area contributed by atoms with Gasteiger partial charge in [-0.15, -0.1) is 0 Å². The number of thioether (sulfide) groups is 1. The van der Waals surface area contributed by atoms with Gasteiger partial charge in [0.1, 0.15) is 18.0 Å². The molecule has 0 saturated carbocycles. The van der Waals surface area contributed by atoms with Crippen molar-refractivity contribution in [2.24, 2.45) is 0 Å². The van der Waals surface area contributed by atoms with Crippen LogP contribution in [0.1, 0.15) is 20.8 Å². The van der Waals surface area contributed by atoms with Crippen molar-refractivity contribution < 1.29 is 0 Å². The van der Waals surface area contributed by atoms with Gasteiger partial charge in [-0.25, -0.2) is 9.97 Å². The van der Waals surface area contributed by atoms with Crippen molar-refractivity contribution in [2.75, 3.05) is 35.6 Å². The van der Waals surface area contributed by atoms with E-state index in [2.05, 4.69) is 41.0 Å².